The Morgan fingerprint density at radius 2 is 1.68 bits per heavy atom. The van der Waals surface area contributed by atoms with E-state index in [0.29, 0.717) is 17.9 Å². The third-order valence-electron chi connectivity index (χ3n) is 3.22. The van der Waals surface area contributed by atoms with Crippen LogP contribution in [0.25, 0.3) is 0 Å². The SMILES string of the molecule is COC(=O)NN=Cc1ccc(OCc2ccc(C(=O)OC)cc2)cc1. The summed E-state index contributed by atoms with van der Waals surface area (Å²) in [5, 5.41) is 3.74. The number of esters is 1. The van der Waals surface area contributed by atoms with E-state index in [0.717, 1.165) is 11.1 Å². The Kier molecular flexibility index (Phi) is 6.53. The first-order valence-corrected chi connectivity index (χ1v) is 7.39. The highest BCUT2D eigenvalue weighted by atomic mass is 16.5. The molecule has 7 heteroatoms. The lowest BCUT2D eigenvalue weighted by molar-refractivity contribution is 0.0600. The number of methoxy groups -OCH3 is 2. The number of carbonyl (C=O) groups excluding carboxylic acids is 2. The minimum Gasteiger partial charge on any atom is -0.489 e. The van der Waals surface area contributed by atoms with Crippen molar-refractivity contribution in [1.82, 2.24) is 5.43 Å². The Balaban J connectivity index is 1.87. The molecule has 2 aromatic carbocycles. The Morgan fingerprint density at radius 1 is 1.00 bits per heavy atom. The number of hydrazone groups is 1. The van der Waals surface area contributed by atoms with Crippen LogP contribution in [0.1, 0.15) is 21.5 Å². The van der Waals surface area contributed by atoms with E-state index < -0.39 is 6.09 Å². The molecule has 0 atom stereocenters. The van der Waals surface area contributed by atoms with Crippen LogP contribution in [0, 0.1) is 0 Å². The molecule has 0 saturated carbocycles. The van der Waals surface area contributed by atoms with Gasteiger partial charge in [0.1, 0.15) is 12.4 Å². The predicted octanol–water partition coefficient (Wildman–Crippen LogP) is 2.74. The molecule has 2 aromatic rings. The van der Waals surface area contributed by atoms with Crippen LogP contribution in [0.4, 0.5) is 4.79 Å². The summed E-state index contributed by atoms with van der Waals surface area (Å²) in [4.78, 5) is 22.2. The molecule has 7 nitrogen and oxygen atoms in total. The maximum atomic E-state index is 11.4. The van der Waals surface area contributed by atoms with Crippen molar-refractivity contribution < 1.29 is 23.8 Å². The number of carbonyl (C=O) groups is 2. The number of rotatable bonds is 6. The minimum absolute atomic E-state index is 0.369. The van der Waals surface area contributed by atoms with Gasteiger partial charge >= 0.3 is 12.1 Å². The molecule has 2 rings (SSSR count). The summed E-state index contributed by atoms with van der Waals surface area (Å²) >= 11 is 0. The minimum atomic E-state index is -0.630. The maximum Gasteiger partial charge on any atom is 0.427 e. The summed E-state index contributed by atoms with van der Waals surface area (Å²) in [6.07, 6.45) is 0.862. The molecular weight excluding hydrogens is 324 g/mol. The molecule has 0 aromatic heterocycles. The quantitative estimate of drug-likeness (QED) is 0.495. The Labute approximate surface area is 145 Å². The molecule has 1 N–H and O–H groups in total. The third-order valence-corrected chi connectivity index (χ3v) is 3.22. The molecule has 0 aliphatic heterocycles. The standard InChI is InChI=1S/C18H18N2O5/c1-23-17(21)15-7-3-14(4-8-15)12-25-16-9-5-13(6-10-16)11-19-20-18(22)24-2/h3-11H,12H2,1-2H3,(H,20,22). The third kappa shape index (κ3) is 5.65. The smallest absolute Gasteiger partial charge is 0.427 e. The first kappa shape index (κ1) is 18.0. The first-order valence-electron chi connectivity index (χ1n) is 7.39. The molecule has 0 saturated heterocycles. The fourth-order valence-electron chi connectivity index (χ4n) is 1.88. The molecule has 25 heavy (non-hydrogen) atoms. The van der Waals surface area contributed by atoms with Crippen LogP contribution in [-0.2, 0) is 16.1 Å². The predicted molar refractivity (Wildman–Crippen MR) is 91.7 cm³/mol. The van der Waals surface area contributed by atoms with Crippen LogP contribution in [0.5, 0.6) is 5.75 Å². The van der Waals surface area contributed by atoms with Crippen LogP contribution in [0.15, 0.2) is 53.6 Å². The molecule has 0 heterocycles. The molecule has 0 aliphatic carbocycles. The first-order chi connectivity index (χ1) is 12.1. The average molecular weight is 342 g/mol. The van der Waals surface area contributed by atoms with Gasteiger partial charge < -0.3 is 14.2 Å². The van der Waals surface area contributed by atoms with Gasteiger partial charge in [0.2, 0.25) is 0 Å². The summed E-state index contributed by atoms with van der Waals surface area (Å²) in [7, 11) is 2.61. The van der Waals surface area contributed by atoms with Crippen molar-refractivity contribution in [1.29, 1.82) is 0 Å². The lowest BCUT2D eigenvalue weighted by Gasteiger charge is -2.07. The number of hydrogen-bond donors (Lipinski definition) is 1. The van der Waals surface area contributed by atoms with Crippen molar-refractivity contribution in [2.45, 2.75) is 6.61 Å². The van der Waals surface area contributed by atoms with E-state index in [4.69, 9.17) is 4.74 Å². The summed E-state index contributed by atoms with van der Waals surface area (Å²) in [6, 6.07) is 14.2. The summed E-state index contributed by atoms with van der Waals surface area (Å²) in [5.74, 6) is 0.321. The molecule has 0 spiro atoms. The van der Waals surface area contributed by atoms with Crippen molar-refractivity contribution in [3.05, 3.63) is 65.2 Å². The number of nitrogens with zero attached hydrogens (tertiary/aromatic N) is 1. The van der Waals surface area contributed by atoms with Crippen molar-refractivity contribution in [2.24, 2.45) is 5.10 Å². The average Bonchev–Trinajstić information content (AvgIpc) is 2.67. The normalized spacial score (nSPS) is 10.3. The van der Waals surface area contributed by atoms with Gasteiger partial charge in [0, 0.05) is 0 Å². The maximum absolute atomic E-state index is 11.4. The molecular formula is C18H18N2O5. The highest BCUT2D eigenvalue weighted by Crippen LogP contribution is 2.14. The van der Waals surface area contributed by atoms with Gasteiger partial charge in [-0.15, -0.1) is 0 Å². The van der Waals surface area contributed by atoms with E-state index in [1.165, 1.54) is 20.4 Å². The molecule has 0 aliphatic rings. The van der Waals surface area contributed by atoms with E-state index in [-0.39, 0.29) is 5.97 Å². The number of hydrogen-bond acceptors (Lipinski definition) is 6. The number of benzene rings is 2. The summed E-state index contributed by atoms with van der Waals surface area (Å²) < 4.78 is 14.7. The monoisotopic (exact) mass is 342 g/mol. The largest absolute Gasteiger partial charge is 0.489 e. The topological polar surface area (TPSA) is 86.2 Å². The van der Waals surface area contributed by atoms with E-state index in [1.807, 2.05) is 12.1 Å². The van der Waals surface area contributed by atoms with Crippen LogP contribution in [-0.4, -0.2) is 32.5 Å². The molecule has 130 valence electrons. The van der Waals surface area contributed by atoms with E-state index >= 15 is 0 Å². The second-order valence-electron chi connectivity index (χ2n) is 4.91. The fraction of sp³-hybridized carbons (Fsp3) is 0.167. The zero-order chi connectivity index (χ0) is 18.1. The van der Waals surface area contributed by atoms with Gasteiger partial charge in [-0.2, -0.15) is 5.10 Å². The van der Waals surface area contributed by atoms with Gasteiger partial charge in [0.05, 0.1) is 26.0 Å². The molecule has 0 bridgehead atoms. The van der Waals surface area contributed by atoms with Gasteiger partial charge in [-0.1, -0.05) is 12.1 Å². The van der Waals surface area contributed by atoms with E-state index in [1.54, 1.807) is 36.4 Å². The van der Waals surface area contributed by atoms with Crippen molar-refractivity contribution in [3.63, 3.8) is 0 Å². The van der Waals surface area contributed by atoms with Gasteiger partial charge in [-0.25, -0.2) is 15.0 Å². The van der Waals surface area contributed by atoms with Gasteiger partial charge in [0.15, 0.2) is 0 Å². The zero-order valence-corrected chi connectivity index (χ0v) is 13.9. The van der Waals surface area contributed by atoms with Gasteiger partial charge in [-0.05, 0) is 47.5 Å². The summed E-state index contributed by atoms with van der Waals surface area (Å²) in [5.41, 5.74) is 4.43. The fourth-order valence-corrected chi connectivity index (χ4v) is 1.88. The molecule has 0 unspecified atom stereocenters. The summed E-state index contributed by atoms with van der Waals surface area (Å²) in [6.45, 7) is 0.374. The lowest BCUT2D eigenvalue weighted by atomic mass is 10.1. The van der Waals surface area contributed by atoms with Crippen LogP contribution in [0.2, 0.25) is 0 Å². The molecule has 1 amide bonds. The Morgan fingerprint density at radius 3 is 2.28 bits per heavy atom. The van der Waals surface area contributed by atoms with Crippen LogP contribution in [0.3, 0.4) is 0 Å². The van der Waals surface area contributed by atoms with Crippen LogP contribution >= 0.6 is 0 Å². The van der Waals surface area contributed by atoms with Crippen molar-refractivity contribution >= 4 is 18.3 Å². The lowest BCUT2D eigenvalue weighted by Crippen LogP contribution is -2.16. The van der Waals surface area contributed by atoms with E-state index in [2.05, 4.69) is 20.0 Å². The molecule has 0 fully saturated rings. The second-order valence-corrected chi connectivity index (χ2v) is 4.91. The number of ether oxygens (including phenoxy) is 3. The van der Waals surface area contributed by atoms with Crippen LogP contribution < -0.4 is 10.2 Å². The van der Waals surface area contributed by atoms with Crippen molar-refractivity contribution in [3.8, 4) is 5.75 Å². The number of nitrogens with one attached hydrogen (secondary N) is 1. The van der Waals surface area contributed by atoms with Crippen molar-refractivity contribution in [2.75, 3.05) is 14.2 Å². The Bertz CT molecular complexity index is 739. The van der Waals surface area contributed by atoms with Gasteiger partial charge in [0.25, 0.3) is 0 Å². The highest BCUT2D eigenvalue weighted by molar-refractivity contribution is 5.89. The molecule has 0 radical (unpaired) electrons. The van der Waals surface area contributed by atoms with Gasteiger partial charge in [-0.3, -0.25) is 0 Å². The number of amides is 1. The van der Waals surface area contributed by atoms with E-state index in [9.17, 15) is 9.59 Å². The zero-order valence-electron chi connectivity index (χ0n) is 13.9. The Hall–Kier alpha value is -3.35. The second kappa shape index (κ2) is 9.07. The highest BCUT2D eigenvalue weighted by Gasteiger charge is 2.04.